The molecule has 0 bridgehead atoms. The minimum absolute atomic E-state index is 0.122. The van der Waals surface area contributed by atoms with E-state index >= 15 is 0 Å². The summed E-state index contributed by atoms with van der Waals surface area (Å²) in [4.78, 5) is 11.3. The van der Waals surface area contributed by atoms with Gasteiger partial charge in [0.2, 0.25) is 0 Å². The predicted molar refractivity (Wildman–Crippen MR) is 71.9 cm³/mol. The molecule has 100 valence electrons. The Hall–Kier alpha value is -1.51. The second-order valence-corrected chi connectivity index (χ2v) is 4.16. The van der Waals surface area contributed by atoms with Crippen LogP contribution in [0.1, 0.15) is 37.8 Å². The molecule has 0 saturated carbocycles. The Morgan fingerprint density at radius 1 is 1.28 bits per heavy atom. The van der Waals surface area contributed by atoms with E-state index in [2.05, 4.69) is 19.1 Å². The standard InChI is InChI=1S/C15H22O3/c1-4-12-9-10-14(17-3)13(11-12)7-6-8-15(16)18-5-2/h9-11H,4-8H2,1-3H3. The number of aryl methyl sites for hydroxylation is 2. The molecule has 18 heavy (non-hydrogen) atoms. The van der Waals surface area contributed by atoms with Crippen LogP contribution in [0, 0.1) is 0 Å². The van der Waals surface area contributed by atoms with Gasteiger partial charge in [0.15, 0.2) is 0 Å². The molecular weight excluding hydrogens is 228 g/mol. The van der Waals surface area contributed by atoms with Crippen molar-refractivity contribution in [3.8, 4) is 5.75 Å². The van der Waals surface area contributed by atoms with Crippen LogP contribution in [0.4, 0.5) is 0 Å². The first-order valence-electron chi connectivity index (χ1n) is 6.52. The molecular formula is C15H22O3. The summed E-state index contributed by atoms with van der Waals surface area (Å²) in [5.74, 6) is 0.777. The smallest absolute Gasteiger partial charge is 0.305 e. The third-order valence-electron chi connectivity index (χ3n) is 2.89. The minimum atomic E-state index is -0.122. The molecule has 1 aromatic rings. The average Bonchev–Trinajstić information content (AvgIpc) is 2.39. The Morgan fingerprint density at radius 3 is 2.67 bits per heavy atom. The van der Waals surface area contributed by atoms with Crippen LogP contribution < -0.4 is 4.74 Å². The van der Waals surface area contributed by atoms with Crippen molar-refractivity contribution in [1.29, 1.82) is 0 Å². The topological polar surface area (TPSA) is 35.5 Å². The van der Waals surface area contributed by atoms with Crippen LogP contribution >= 0.6 is 0 Å². The van der Waals surface area contributed by atoms with Gasteiger partial charge in [0, 0.05) is 6.42 Å². The van der Waals surface area contributed by atoms with Crippen molar-refractivity contribution in [2.24, 2.45) is 0 Å². The number of hydrogen-bond donors (Lipinski definition) is 0. The summed E-state index contributed by atoms with van der Waals surface area (Å²) in [6.07, 6.45) is 3.11. The summed E-state index contributed by atoms with van der Waals surface area (Å²) in [6.45, 7) is 4.41. The molecule has 1 rings (SSSR count). The van der Waals surface area contributed by atoms with E-state index < -0.39 is 0 Å². The maximum atomic E-state index is 11.3. The molecule has 1 aromatic carbocycles. The van der Waals surface area contributed by atoms with E-state index in [-0.39, 0.29) is 5.97 Å². The first kappa shape index (κ1) is 14.6. The minimum Gasteiger partial charge on any atom is -0.496 e. The number of rotatable bonds is 7. The van der Waals surface area contributed by atoms with E-state index in [1.54, 1.807) is 7.11 Å². The second kappa shape index (κ2) is 7.75. The molecule has 0 N–H and O–H groups in total. The lowest BCUT2D eigenvalue weighted by atomic mass is 10.0. The van der Waals surface area contributed by atoms with Crippen molar-refractivity contribution in [2.45, 2.75) is 39.5 Å². The largest absolute Gasteiger partial charge is 0.496 e. The lowest BCUT2D eigenvalue weighted by molar-refractivity contribution is -0.143. The highest BCUT2D eigenvalue weighted by atomic mass is 16.5. The van der Waals surface area contributed by atoms with Gasteiger partial charge in [0.05, 0.1) is 13.7 Å². The summed E-state index contributed by atoms with van der Waals surface area (Å²) >= 11 is 0. The van der Waals surface area contributed by atoms with E-state index in [1.807, 2.05) is 13.0 Å². The van der Waals surface area contributed by atoms with Crippen LogP contribution in [0.5, 0.6) is 5.75 Å². The zero-order valence-electron chi connectivity index (χ0n) is 11.5. The SMILES string of the molecule is CCOC(=O)CCCc1cc(CC)ccc1OC. The van der Waals surface area contributed by atoms with Crippen molar-refractivity contribution >= 4 is 5.97 Å². The first-order valence-corrected chi connectivity index (χ1v) is 6.52. The van der Waals surface area contributed by atoms with Crippen LogP contribution in [0.15, 0.2) is 18.2 Å². The van der Waals surface area contributed by atoms with Crippen LogP contribution in [0.25, 0.3) is 0 Å². The third kappa shape index (κ3) is 4.40. The van der Waals surface area contributed by atoms with Crippen molar-refractivity contribution in [3.05, 3.63) is 29.3 Å². The van der Waals surface area contributed by atoms with Gasteiger partial charge in [-0.3, -0.25) is 4.79 Å². The Morgan fingerprint density at radius 2 is 2.06 bits per heavy atom. The van der Waals surface area contributed by atoms with Gasteiger partial charge in [-0.2, -0.15) is 0 Å². The Bertz CT molecular complexity index is 385. The molecule has 3 nitrogen and oxygen atoms in total. The van der Waals surface area contributed by atoms with Crippen LogP contribution in [-0.4, -0.2) is 19.7 Å². The van der Waals surface area contributed by atoms with Gasteiger partial charge >= 0.3 is 5.97 Å². The van der Waals surface area contributed by atoms with Crippen molar-refractivity contribution < 1.29 is 14.3 Å². The maximum absolute atomic E-state index is 11.3. The highest BCUT2D eigenvalue weighted by Crippen LogP contribution is 2.22. The average molecular weight is 250 g/mol. The molecule has 0 spiro atoms. The summed E-state index contributed by atoms with van der Waals surface area (Å²) in [7, 11) is 1.68. The molecule has 0 heterocycles. The Balaban J connectivity index is 2.57. The molecule has 0 aliphatic heterocycles. The number of hydrogen-bond acceptors (Lipinski definition) is 3. The molecule has 0 amide bonds. The Kier molecular flexibility index (Phi) is 6.26. The molecule has 0 unspecified atom stereocenters. The highest BCUT2D eigenvalue weighted by Gasteiger charge is 2.06. The fourth-order valence-corrected chi connectivity index (χ4v) is 1.90. The monoisotopic (exact) mass is 250 g/mol. The fourth-order valence-electron chi connectivity index (χ4n) is 1.90. The van der Waals surface area contributed by atoms with E-state index in [0.29, 0.717) is 13.0 Å². The van der Waals surface area contributed by atoms with Crippen molar-refractivity contribution in [2.75, 3.05) is 13.7 Å². The lowest BCUT2D eigenvalue weighted by Gasteiger charge is -2.10. The number of esters is 1. The van der Waals surface area contributed by atoms with Crippen molar-refractivity contribution in [3.63, 3.8) is 0 Å². The number of methoxy groups -OCH3 is 1. The van der Waals surface area contributed by atoms with Crippen molar-refractivity contribution in [1.82, 2.24) is 0 Å². The van der Waals surface area contributed by atoms with E-state index in [9.17, 15) is 4.79 Å². The molecule has 3 heteroatoms. The van der Waals surface area contributed by atoms with Gasteiger partial charge in [-0.1, -0.05) is 19.1 Å². The summed E-state index contributed by atoms with van der Waals surface area (Å²) in [5.41, 5.74) is 2.46. The lowest BCUT2D eigenvalue weighted by Crippen LogP contribution is -2.04. The van der Waals surface area contributed by atoms with Crippen LogP contribution in [0.3, 0.4) is 0 Å². The Labute approximate surface area is 109 Å². The maximum Gasteiger partial charge on any atom is 0.305 e. The van der Waals surface area contributed by atoms with Crippen LogP contribution in [0.2, 0.25) is 0 Å². The first-order chi connectivity index (χ1) is 8.71. The molecule has 0 atom stereocenters. The van der Waals surface area contributed by atoms with Gasteiger partial charge in [0.1, 0.15) is 5.75 Å². The molecule has 0 radical (unpaired) electrons. The van der Waals surface area contributed by atoms with Crippen LogP contribution in [-0.2, 0) is 22.4 Å². The van der Waals surface area contributed by atoms with Gasteiger partial charge < -0.3 is 9.47 Å². The van der Waals surface area contributed by atoms with E-state index in [4.69, 9.17) is 9.47 Å². The zero-order valence-corrected chi connectivity index (χ0v) is 11.5. The number of benzene rings is 1. The third-order valence-corrected chi connectivity index (χ3v) is 2.89. The fraction of sp³-hybridized carbons (Fsp3) is 0.533. The molecule has 0 aliphatic rings. The zero-order chi connectivity index (χ0) is 13.4. The molecule has 0 aliphatic carbocycles. The summed E-state index contributed by atoms with van der Waals surface area (Å²) in [6, 6.07) is 6.23. The summed E-state index contributed by atoms with van der Waals surface area (Å²) in [5, 5.41) is 0. The second-order valence-electron chi connectivity index (χ2n) is 4.16. The predicted octanol–water partition coefficient (Wildman–Crippen LogP) is 3.14. The molecule has 0 aromatic heterocycles. The van der Waals surface area contributed by atoms with E-state index in [1.165, 1.54) is 11.1 Å². The number of carbonyl (C=O) groups is 1. The van der Waals surface area contributed by atoms with Gasteiger partial charge in [-0.25, -0.2) is 0 Å². The number of carbonyl (C=O) groups excluding carboxylic acids is 1. The number of ether oxygens (including phenoxy) is 2. The normalized spacial score (nSPS) is 10.2. The van der Waals surface area contributed by atoms with Gasteiger partial charge in [-0.05, 0) is 43.4 Å². The van der Waals surface area contributed by atoms with Gasteiger partial charge in [0.25, 0.3) is 0 Å². The quantitative estimate of drug-likeness (QED) is 0.697. The van der Waals surface area contributed by atoms with E-state index in [0.717, 1.165) is 25.0 Å². The van der Waals surface area contributed by atoms with Gasteiger partial charge in [-0.15, -0.1) is 0 Å². The highest BCUT2D eigenvalue weighted by molar-refractivity contribution is 5.69. The molecule has 0 saturated heterocycles. The summed E-state index contributed by atoms with van der Waals surface area (Å²) < 4.78 is 10.2. The molecule has 0 fully saturated rings.